The SMILES string of the molecule is [Ba].[Ca].[O]=[Cu]. The molecule has 0 aliphatic carbocycles. The zero-order valence-electron chi connectivity index (χ0n) is 2.12. The van der Waals surface area contributed by atoms with Crippen LogP contribution in [0.2, 0.25) is 0 Å². The summed E-state index contributed by atoms with van der Waals surface area (Å²) in [5.41, 5.74) is 0. The van der Waals surface area contributed by atoms with Gasteiger partial charge in [-0.2, -0.15) is 0 Å². The number of hydrogen-bond acceptors (Lipinski definition) is 1. The van der Waals surface area contributed by atoms with Crippen LogP contribution in [0.3, 0.4) is 0 Å². The second kappa shape index (κ2) is 16.4. The van der Waals surface area contributed by atoms with Crippen molar-refractivity contribution in [1.29, 1.82) is 0 Å². The maximum atomic E-state index is 7.81. The molecule has 0 heterocycles. The molecule has 0 aromatic rings. The standard InChI is InChI=1S/Ba.Ca.Cu.O. The molecule has 1 nitrogen and oxygen atoms in total. The van der Waals surface area contributed by atoms with Gasteiger partial charge in [0, 0.05) is 86.6 Å². The van der Waals surface area contributed by atoms with Crippen LogP contribution in [-0.4, -0.2) is 86.6 Å². The monoisotopic (exact) mass is 257 g/mol. The summed E-state index contributed by atoms with van der Waals surface area (Å²) < 4.78 is 7.81. The van der Waals surface area contributed by atoms with Gasteiger partial charge >= 0.3 is 19.8 Å². The van der Waals surface area contributed by atoms with Crippen molar-refractivity contribution in [2.45, 2.75) is 0 Å². The van der Waals surface area contributed by atoms with Gasteiger partial charge in [0.1, 0.15) is 0 Å². The molecule has 0 unspecified atom stereocenters. The van der Waals surface area contributed by atoms with E-state index in [0.29, 0.717) is 0 Å². The summed E-state index contributed by atoms with van der Waals surface area (Å²) in [6.07, 6.45) is 0. The molecule has 0 atom stereocenters. The molecule has 0 saturated carbocycles. The Balaban J connectivity index is -0.00000000500. The van der Waals surface area contributed by atoms with Gasteiger partial charge in [-0.25, -0.2) is 0 Å². The van der Waals surface area contributed by atoms with Crippen molar-refractivity contribution in [3.63, 3.8) is 0 Å². The first-order chi connectivity index (χ1) is 1.00. The molecular weight excluding hydrogens is 257 g/mol. The van der Waals surface area contributed by atoms with Crippen molar-refractivity contribution in [3.8, 4) is 0 Å². The molecule has 0 saturated heterocycles. The molecule has 0 aliphatic heterocycles. The first-order valence-corrected chi connectivity index (χ1v) is 0.508. The van der Waals surface area contributed by atoms with Gasteiger partial charge in [0.05, 0.1) is 0 Å². The van der Waals surface area contributed by atoms with Gasteiger partial charge in [-0.1, -0.05) is 0 Å². The second-order valence-corrected chi connectivity index (χ2v) is 0. The van der Waals surface area contributed by atoms with Crippen molar-refractivity contribution in [3.05, 3.63) is 0 Å². The Kier molecular flexibility index (Phi) is 64.5. The minimum atomic E-state index is 0. The molecule has 0 rings (SSSR count). The van der Waals surface area contributed by atoms with Crippen molar-refractivity contribution in [1.82, 2.24) is 0 Å². The first kappa shape index (κ1) is 15.7. The predicted molar refractivity (Wildman–Crippen MR) is 12.2 cm³/mol. The molecule has 0 aromatic heterocycles. The summed E-state index contributed by atoms with van der Waals surface area (Å²) in [6, 6.07) is 0. The third kappa shape index (κ3) is 8.94. The molecule has 0 spiro atoms. The minimum absolute atomic E-state index is 0. The van der Waals surface area contributed by atoms with Crippen molar-refractivity contribution >= 4 is 86.6 Å². The number of rotatable bonds is 0. The van der Waals surface area contributed by atoms with Crippen LogP contribution < -0.4 is 0 Å². The van der Waals surface area contributed by atoms with Crippen LogP contribution in [-0.2, 0) is 19.8 Å². The maximum absolute atomic E-state index is 7.81. The fourth-order valence-electron chi connectivity index (χ4n) is 0. The number of hydrogen-bond donors (Lipinski definition) is 0. The van der Waals surface area contributed by atoms with Crippen molar-refractivity contribution in [2.24, 2.45) is 0 Å². The average Bonchev–Trinajstić information content (AvgIpc) is 1.00. The van der Waals surface area contributed by atoms with Crippen molar-refractivity contribution < 1.29 is 19.8 Å². The third-order valence-electron chi connectivity index (χ3n) is 0. The van der Waals surface area contributed by atoms with Crippen LogP contribution >= 0.6 is 0 Å². The van der Waals surface area contributed by atoms with Crippen LogP contribution in [0, 0.1) is 0 Å². The van der Waals surface area contributed by atoms with E-state index in [2.05, 4.69) is 15.9 Å². The summed E-state index contributed by atoms with van der Waals surface area (Å²) in [6.45, 7) is 0. The van der Waals surface area contributed by atoms with E-state index in [1.165, 1.54) is 0 Å². The normalized spacial score (nSPS) is 1.50. The van der Waals surface area contributed by atoms with E-state index >= 15 is 0 Å². The van der Waals surface area contributed by atoms with E-state index in [4.69, 9.17) is 3.83 Å². The topological polar surface area (TPSA) is 17.1 Å². The average molecular weight is 257 g/mol. The van der Waals surface area contributed by atoms with E-state index in [0.717, 1.165) is 0 Å². The molecular formula is BaCaCuO. The Morgan fingerprint density at radius 2 is 1.25 bits per heavy atom. The molecule has 0 N–H and O–H groups in total. The molecule has 0 fully saturated rings. The molecule has 0 bridgehead atoms. The van der Waals surface area contributed by atoms with Gasteiger partial charge in [-0.05, 0) is 0 Å². The van der Waals surface area contributed by atoms with Gasteiger partial charge in [0.2, 0.25) is 0 Å². The molecule has 4 heteroatoms. The van der Waals surface area contributed by atoms with E-state index in [-0.39, 0.29) is 86.6 Å². The van der Waals surface area contributed by atoms with Crippen LogP contribution in [0.1, 0.15) is 0 Å². The van der Waals surface area contributed by atoms with Crippen LogP contribution in [0.15, 0.2) is 0 Å². The fraction of sp³-hybridized carbons (Fsp3) is 0. The van der Waals surface area contributed by atoms with E-state index in [1.54, 1.807) is 0 Å². The fourth-order valence-corrected chi connectivity index (χ4v) is 0. The van der Waals surface area contributed by atoms with Gasteiger partial charge in [0.15, 0.2) is 0 Å². The zero-order chi connectivity index (χ0) is 2.00. The molecule has 4 heavy (non-hydrogen) atoms. The summed E-state index contributed by atoms with van der Waals surface area (Å²) in [7, 11) is 0. The molecule has 21 valence electrons. The summed E-state index contributed by atoms with van der Waals surface area (Å²) in [5.74, 6) is 0. The van der Waals surface area contributed by atoms with E-state index in [9.17, 15) is 0 Å². The quantitative estimate of drug-likeness (QED) is 0.515. The first-order valence-electron chi connectivity index (χ1n) is 0.123. The Bertz CT molecular complexity index is 8.00. The predicted octanol–water partition coefficient (Wildman–Crippen LogP) is -0.883. The van der Waals surface area contributed by atoms with Crippen LogP contribution in [0.4, 0.5) is 0 Å². The van der Waals surface area contributed by atoms with Gasteiger partial charge in [-0.15, -0.1) is 0 Å². The summed E-state index contributed by atoms with van der Waals surface area (Å²) in [5, 5.41) is 0. The summed E-state index contributed by atoms with van der Waals surface area (Å²) >= 11 is 2.94. The molecule has 0 aromatic carbocycles. The summed E-state index contributed by atoms with van der Waals surface area (Å²) in [4.78, 5) is 0. The van der Waals surface area contributed by atoms with Gasteiger partial charge in [0.25, 0.3) is 0 Å². The molecule has 0 amide bonds. The van der Waals surface area contributed by atoms with Gasteiger partial charge in [-0.3, -0.25) is 0 Å². The third-order valence-corrected chi connectivity index (χ3v) is 0. The second-order valence-electron chi connectivity index (χ2n) is 0. The van der Waals surface area contributed by atoms with Gasteiger partial charge < -0.3 is 0 Å². The van der Waals surface area contributed by atoms with Crippen molar-refractivity contribution in [2.75, 3.05) is 0 Å². The van der Waals surface area contributed by atoms with E-state index in [1.807, 2.05) is 0 Å². The van der Waals surface area contributed by atoms with Crippen LogP contribution in [0.25, 0.3) is 0 Å². The molecule has 0 aliphatic rings. The Hall–Kier alpha value is 3.15. The van der Waals surface area contributed by atoms with Crippen LogP contribution in [0.5, 0.6) is 0 Å². The Labute approximate surface area is 103 Å². The zero-order valence-corrected chi connectivity index (χ0v) is 9.71. The molecule has 4 radical (unpaired) electrons. The Morgan fingerprint density at radius 3 is 1.25 bits per heavy atom. The van der Waals surface area contributed by atoms with E-state index < -0.39 is 0 Å². The Morgan fingerprint density at radius 1 is 1.25 bits per heavy atom.